The smallest absolute Gasteiger partial charge is 0.243 e. The zero-order chi connectivity index (χ0) is 28.4. The fourth-order valence-corrected chi connectivity index (χ4v) is 5.21. The fourth-order valence-electron chi connectivity index (χ4n) is 4.16. The molecule has 2 N–H and O–H groups in total. The van der Waals surface area contributed by atoms with Gasteiger partial charge in [0.05, 0.1) is 27.0 Å². The van der Waals surface area contributed by atoms with E-state index in [0.717, 1.165) is 0 Å². The number of benzene rings is 1. The highest BCUT2D eigenvalue weighted by atomic mass is 32.2. The Hall–Kier alpha value is -4.69. The highest BCUT2D eigenvalue weighted by Gasteiger charge is 2.34. The predicted octanol–water partition coefficient (Wildman–Crippen LogP) is 2.87. The van der Waals surface area contributed by atoms with Gasteiger partial charge in [-0.05, 0) is 37.3 Å². The Bertz CT molecular complexity index is 1710. The molecule has 14 heteroatoms. The first-order valence-electron chi connectivity index (χ1n) is 12.1. The lowest BCUT2D eigenvalue weighted by Gasteiger charge is -2.20. The van der Waals surface area contributed by atoms with Gasteiger partial charge in [-0.15, -0.1) is 10.2 Å². The first-order chi connectivity index (χ1) is 19.3. The summed E-state index contributed by atoms with van der Waals surface area (Å²) in [5.41, 5.74) is 1.47. The Morgan fingerprint density at radius 1 is 0.900 bits per heavy atom. The van der Waals surface area contributed by atoms with Crippen LogP contribution < -0.4 is 18.9 Å². The van der Waals surface area contributed by atoms with Crippen molar-refractivity contribution in [3.8, 4) is 34.6 Å². The van der Waals surface area contributed by atoms with Gasteiger partial charge in [-0.25, -0.2) is 18.4 Å². The van der Waals surface area contributed by atoms with E-state index in [0.29, 0.717) is 34.4 Å². The molecule has 208 valence electrons. The molecule has 40 heavy (non-hydrogen) atoms. The van der Waals surface area contributed by atoms with Gasteiger partial charge in [0.15, 0.2) is 5.82 Å². The van der Waals surface area contributed by atoms with Crippen molar-refractivity contribution in [3.05, 3.63) is 72.7 Å². The standard InChI is InChI=1S/C26H27N7O6S/c1-16(24(34)18-15-32-14-6-5-12-21(32)27-18)40(35,36)31-26-30-29-25(17-9-7-13-22(28-17)39-4)33(26)23-19(37-2)10-8-11-20(23)38-3/h5-16,24,34H,1-4H3,(H,30,31). The topological polar surface area (TPSA) is 155 Å². The van der Waals surface area contributed by atoms with E-state index in [4.69, 9.17) is 14.2 Å². The van der Waals surface area contributed by atoms with E-state index in [1.165, 1.54) is 32.8 Å². The highest BCUT2D eigenvalue weighted by molar-refractivity contribution is 7.93. The molecule has 1 aromatic carbocycles. The summed E-state index contributed by atoms with van der Waals surface area (Å²) in [7, 11) is 0.184. The molecular formula is C26H27N7O6S. The molecule has 0 amide bonds. The summed E-state index contributed by atoms with van der Waals surface area (Å²) in [6, 6.07) is 15.5. The summed E-state index contributed by atoms with van der Waals surface area (Å²) in [6.45, 7) is 1.38. The number of rotatable bonds is 10. The number of nitrogens with zero attached hydrogens (tertiary/aromatic N) is 6. The summed E-state index contributed by atoms with van der Waals surface area (Å²) >= 11 is 0. The van der Waals surface area contributed by atoms with Gasteiger partial charge < -0.3 is 23.7 Å². The molecule has 0 fully saturated rings. The van der Waals surface area contributed by atoms with E-state index in [2.05, 4.69) is 24.9 Å². The van der Waals surface area contributed by atoms with Crippen LogP contribution >= 0.6 is 0 Å². The van der Waals surface area contributed by atoms with Gasteiger partial charge in [-0.1, -0.05) is 18.2 Å². The predicted molar refractivity (Wildman–Crippen MR) is 146 cm³/mol. The number of pyridine rings is 2. The van der Waals surface area contributed by atoms with Crippen LogP contribution in [-0.4, -0.2) is 69.2 Å². The minimum absolute atomic E-state index is 0.170. The number of hydrogen-bond acceptors (Lipinski definition) is 10. The molecule has 0 spiro atoms. The second-order valence-electron chi connectivity index (χ2n) is 8.69. The fraction of sp³-hybridized carbons (Fsp3) is 0.231. The summed E-state index contributed by atoms with van der Waals surface area (Å²) in [5, 5.41) is 18.1. The van der Waals surface area contributed by atoms with Crippen LogP contribution in [0.15, 0.2) is 67.0 Å². The van der Waals surface area contributed by atoms with Crippen LogP contribution in [0.25, 0.3) is 22.9 Å². The number of nitrogens with one attached hydrogen (secondary N) is 1. The number of imidazole rings is 1. The summed E-state index contributed by atoms with van der Waals surface area (Å²) < 4.78 is 49.2. The molecule has 5 rings (SSSR count). The van der Waals surface area contributed by atoms with Gasteiger partial charge in [-0.3, -0.25) is 9.29 Å². The number of para-hydroxylation sites is 1. The molecule has 0 saturated heterocycles. The Kier molecular flexibility index (Phi) is 7.28. The molecule has 0 saturated carbocycles. The molecule has 0 aliphatic heterocycles. The number of ether oxygens (including phenoxy) is 3. The maximum absolute atomic E-state index is 13.6. The molecule has 5 aromatic rings. The molecule has 13 nitrogen and oxygen atoms in total. The third kappa shape index (κ3) is 4.89. The van der Waals surface area contributed by atoms with Crippen LogP contribution in [0, 0.1) is 0 Å². The number of sulfonamides is 1. The lowest BCUT2D eigenvalue weighted by molar-refractivity contribution is 0.172. The molecule has 2 atom stereocenters. The van der Waals surface area contributed by atoms with E-state index in [-0.39, 0.29) is 17.5 Å². The number of anilines is 1. The molecule has 0 bridgehead atoms. The van der Waals surface area contributed by atoms with Crippen LogP contribution in [-0.2, 0) is 10.0 Å². The Morgan fingerprint density at radius 3 is 2.30 bits per heavy atom. The van der Waals surface area contributed by atoms with Gasteiger partial charge >= 0.3 is 0 Å². The maximum Gasteiger partial charge on any atom is 0.243 e. The zero-order valence-electron chi connectivity index (χ0n) is 22.1. The molecular weight excluding hydrogens is 538 g/mol. The van der Waals surface area contributed by atoms with Crippen molar-refractivity contribution in [1.82, 2.24) is 29.1 Å². The van der Waals surface area contributed by atoms with Gasteiger partial charge in [0.2, 0.25) is 21.9 Å². The van der Waals surface area contributed by atoms with Crippen LogP contribution in [0.2, 0.25) is 0 Å². The minimum Gasteiger partial charge on any atom is -0.494 e. The average molecular weight is 566 g/mol. The third-order valence-corrected chi connectivity index (χ3v) is 8.01. The van der Waals surface area contributed by atoms with E-state index >= 15 is 0 Å². The van der Waals surface area contributed by atoms with E-state index in [9.17, 15) is 13.5 Å². The quantitative estimate of drug-likeness (QED) is 0.258. The first-order valence-corrected chi connectivity index (χ1v) is 13.6. The Balaban J connectivity index is 1.60. The van der Waals surface area contributed by atoms with Crippen molar-refractivity contribution in [2.75, 3.05) is 26.1 Å². The number of methoxy groups -OCH3 is 3. The number of aliphatic hydroxyl groups excluding tert-OH is 1. The minimum atomic E-state index is -4.25. The lowest BCUT2D eigenvalue weighted by Crippen LogP contribution is -2.32. The molecule has 4 aromatic heterocycles. The van der Waals surface area contributed by atoms with E-state index in [1.54, 1.807) is 71.4 Å². The zero-order valence-corrected chi connectivity index (χ0v) is 22.9. The molecule has 0 aliphatic rings. The molecule has 2 unspecified atom stereocenters. The van der Waals surface area contributed by atoms with Crippen molar-refractivity contribution >= 4 is 21.6 Å². The summed E-state index contributed by atoms with van der Waals surface area (Å²) in [4.78, 5) is 8.80. The van der Waals surface area contributed by atoms with Crippen LogP contribution in [0.4, 0.5) is 5.95 Å². The Morgan fingerprint density at radius 2 is 1.62 bits per heavy atom. The number of fused-ring (bicyclic) bond motifs is 1. The Labute approximate surface area is 230 Å². The molecule has 4 heterocycles. The van der Waals surface area contributed by atoms with Gasteiger partial charge in [0.25, 0.3) is 0 Å². The largest absolute Gasteiger partial charge is 0.494 e. The summed E-state index contributed by atoms with van der Waals surface area (Å²) in [5.74, 6) is 1.07. The normalized spacial score (nSPS) is 13.1. The van der Waals surface area contributed by atoms with Crippen molar-refractivity contribution < 1.29 is 27.7 Å². The van der Waals surface area contributed by atoms with Crippen LogP contribution in [0.1, 0.15) is 18.7 Å². The van der Waals surface area contributed by atoms with Gasteiger partial charge in [0.1, 0.15) is 39.9 Å². The second-order valence-corrected chi connectivity index (χ2v) is 10.7. The molecule has 0 aliphatic carbocycles. The number of aromatic nitrogens is 6. The number of aliphatic hydroxyl groups is 1. The highest BCUT2D eigenvalue weighted by Crippen LogP contribution is 2.38. The lowest BCUT2D eigenvalue weighted by atomic mass is 10.2. The average Bonchev–Trinajstić information content (AvgIpc) is 3.59. The van der Waals surface area contributed by atoms with Crippen molar-refractivity contribution in [2.45, 2.75) is 18.3 Å². The van der Waals surface area contributed by atoms with E-state index in [1.807, 2.05) is 0 Å². The number of hydrogen-bond donors (Lipinski definition) is 2. The first kappa shape index (κ1) is 26.9. The second kappa shape index (κ2) is 10.8. The van der Waals surface area contributed by atoms with Crippen LogP contribution in [0.5, 0.6) is 17.4 Å². The van der Waals surface area contributed by atoms with Crippen molar-refractivity contribution in [3.63, 3.8) is 0 Å². The summed E-state index contributed by atoms with van der Waals surface area (Å²) in [6.07, 6.45) is 1.91. The third-order valence-electron chi connectivity index (χ3n) is 6.30. The van der Waals surface area contributed by atoms with Gasteiger partial charge in [0, 0.05) is 18.5 Å². The van der Waals surface area contributed by atoms with Crippen molar-refractivity contribution in [1.29, 1.82) is 0 Å². The SMILES string of the molecule is COc1cccc(-c2nnc(NS(=O)(=O)C(C)C(O)c3cn4ccccc4n3)n2-c2c(OC)cccc2OC)n1. The maximum atomic E-state index is 13.6. The molecule has 0 radical (unpaired) electrons. The van der Waals surface area contributed by atoms with Crippen molar-refractivity contribution in [2.24, 2.45) is 0 Å². The van der Waals surface area contributed by atoms with E-state index < -0.39 is 21.4 Å². The van der Waals surface area contributed by atoms with Gasteiger partial charge in [-0.2, -0.15) is 0 Å². The monoisotopic (exact) mass is 565 g/mol. The van der Waals surface area contributed by atoms with Crippen LogP contribution in [0.3, 0.4) is 0 Å².